The number of aryl methyl sites for hydroxylation is 1. The summed E-state index contributed by atoms with van der Waals surface area (Å²) in [6, 6.07) is 11.0. The van der Waals surface area contributed by atoms with E-state index in [-0.39, 0.29) is 5.78 Å². The summed E-state index contributed by atoms with van der Waals surface area (Å²) >= 11 is 6.80. The van der Waals surface area contributed by atoms with Crippen molar-refractivity contribution in [2.75, 3.05) is 5.73 Å². The number of ketones is 1. The highest BCUT2D eigenvalue weighted by molar-refractivity contribution is 9.11. The summed E-state index contributed by atoms with van der Waals surface area (Å²) < 4.78 is 7.50. The van der Waals surface area contributed by atoms with Crippen molar-refractivity contribution in [3.63, 3.8) is 0 Å². The second-order valence-corrected chi connectivity index (χ2v) is 6.81. The smallest absolute Gasteiger partial charge is 0.204 e. The third-order valence-electron chi connectivity index (χ3n) is 3.29. The van der Waals surface area contributed by atoms with Gasteiger partial charge < -0.3 is 10.5 Å². The number of ether oxygens (including phenoxy) is 1. The minimum Gasteiger partial charge on any atom is -0.480 e. The normalized spacial score (nSPS) is 12.0. The summed E-state index contributed by atoms with van der Waals surface area (Å²) in [5.41, 5.74) is 8.16. The molecule has 0 saturated heterocycles. The maximum absolute atomic E-state index is 12.7. The largest absolute Gasteiger partial charge is 0.480 e. The third kappa shape index (κ3) is 3.90. The number of carbonyl (C=O) groups is 1. The number of carbonyl (C=O) groups excluding carboxylic acids is 1. The highest BCUT2D eigenvalue weighted by Gasteiger charge is 2.23. The Morgan fingerprint density at radius 1 is 1.23 bits per heavy atom. The van der Waals surface area contributed by atoms with Crippen molar-refractivity contribution < 1.29 is 9.53 Å². The van der Waals surface area contributed by atoms with Gasteiger partial charge >= 0.3 is 0 Å². The van der Waals surface area contributed by atoms with E-state index >= 15 is 0 Å². The average molecular weight is 427 g/mol. The van der Waals surface area contributed by atoms with Crippen LogP contribution in [0.1, 0.15) is 29.3 Å². The standard InChI is InChI=1S/C17H17Br2NO2/c1-3-15(22-16-7-4-10(2)8-14(16)20)17(21)12-6-5-11(18)9-13(12)19/h4-9,15H,3,20H2,1-2H3. The first-order chi connectivity index (χ1) is 10.4. The predicted molar refractivity (Wildman–Crippen MR) is 96.5 cm³/mol. The minimum atomic E-state index is -0.567. The fraction of sp³-hybridized carbons (Fsp3) is 0.235. The molecule has 0 radical (unpaired) electrons. The van der Waals surface area contributed by atoms with Gasteiger partial charge in [0.25, 0.3) is 0 Å². The quantitative estimate of drug-likeness (QED) is 0.531. The molecule has 0 aromatic heterocycles. The van der Waals surface area contributed by atoms with Gasteiger partial charge in [-0.3, -0.25) is 4.79 Å². The lowest BCUT2D eigenvalue weighted by molar-refractivity contribution is 0.0787. The third-order valence-corrected chi connectivity index (χ3v) is 4.44. The van der Waals surface area contributed by atoms with Crippen molar-refractivity contribution in [2.24, 2.45) is 0 Å². The van der Waals surface area contributed by atoms with E-state index in [0.717, 1.165) is 14.5 Å². The van der Waals surface area contributed by atoms with Gasteiger partial charge in [-0.05, 0) is 49.2 Å². The van der Waals surface area contributed by atoms with Gasteiger partial charge in [-0.25, -0.2) is 0 Å². The second-order valence-electron chi connectivity index (χ2n) is 5.04. The van der Waals surface area contributed by atoms with E-state index in [9.17, 15) is 4.79 Å². The lowest BCUT2D eigenvalue weighted by Gasteiger charge is -2.18. The van der Waals surface area contributed by atoms with Gasteiger partial charge in [-0.2, -0.15) is 0 Å². The Morgan fingerprint density at radius 3 is 2.55 bits per heavy atom. The van der Waals surface area contributed by atoms with Crippen molar-refractivity contribution in [3.8, 4) is 5.75 Å². The number of benzene rings is 2. The average Bonchev–Trinajstić information content (AvgIpc) is 2.46. The van der Waals surface area contributed by atoms with Crippen LogP contribution >= 0.6 is 31.9 Å². The summed E-state index contributed by atoms with van der Waals surface area (Å²) in [6.07, 6.45) is -0.00301. The Hall–Kier alpha value is -1.33. The molecule has 0 spiro atoms. The summed E-state index contributed by atoms with van der Waals surface area (Å²) in [4.78, 5) is 12.7. The lowest BCUT2D eigenvalue weighted by Crippen LogP contribution is -2.27. The molecule has 22 heavy (non-hydrogen) atoms. The number of nitrogen functional groups attached to an aromatic ring is 1. The van der Waals surface area contributed by atoms with E-state index in [2.05, 4.69) is 31.9 Å². The summed E-state index contributed by atoms with van der Waals surface area (Å²) in [7, 11) is 0. The Bertz CT molecular complexity index is 701. The lowest BCUT2D eigenvalue weighted by atomic mass is 10.0. The van der Waals surface area contributed by atoms with E-state index < -0.39 is 6.10 Å². The molecule has 0 amide bonds. The van der Waals surface area contributed by atoms with E-state index in [1.54, 1.807) is 12.1 Å². The van der Waals surface area contributed by atoms with Gasteiger partial charge in [0.15, 0.2) is 6.10 Å². The molecule has 2 rings (SSSR count). The fourth-order valence-electron chi connectivity index (χ4n) is 2.11. The minimum absolute atomic E-state index is 0.0677. The number of hydrogen-bond acceptors (Lipinski definition) is 3. The van der Waals surface area contributed by atoms with Crippen LogP contribution in [0.5, 0.6) is 5.75 Å². The molecular formula is C17H17Br2NO2. The molecule has 2 N–H and O–H groups in total. The van der Waals surface area contributed by atoms with Crippen LogP contribution in [0.25, 0.3) is 0 Å². The van der Waals surface area contributed by atoms with Crippen LogP contribution in [-0.2, 0) is 0 Å². The molecule has 1 unspecified atom stereocenters. The van der Waals surface area contributed by atoms with Gasteiger partial charge in [-0.1, -0.05) is 44.8 Å². The van der Waals surface area contributed by atoms with Crippen molar-refractivity contribution in [3.05, 3.63) is 56.5 Å². The van der Waals surface area contributed by atoms with E-state index in [1.807, 2.05) is 38.1 Å². The molecule has 0 bridgehead atoms. The van der Waals surface area contributed by atoms with Crippen molar-refractivity contribution in [1.29, 1.82) is 0 Å². The molecule has 2 aromatic rings. The molecule has 3 nitrogen and oxygen atoms in total. The van der Waals surface area contributed by atoms with Crippen molar-refractivity contribution in [2.45, 2.75) is 26.4 Å². The van der Waals surface area contributed by atoms with E-state index in [0.29, 0.717) is 23.4 Å². The molecule has 2 aromatic carbocycles. The van der Waals surface area contributed by atoms with Gasteiger partial charge in [0.1, 0.15) is 5.75 Å². The molecule has 116 valence electrons. The highest BCUT2D eigenvalue weighted by Crippen LogP contribution is 2.27. The number of rotatable bonds is 5. The summed E-state index contributed by atoms with van der Waals surface area (Å²) in [5, 5.41) is 0. The SMILES string of the molecule is CCC(Oc1ccc(C)cc1N)C(=O)c1ccc(Br)cc1Br. The molecule has 0 aliphatic carbocycles. The number of anilines is 1. The first-order valence-corrected chi connectivity index (χ1v) is 8.53. The second kappa shape index (κ2) is 7.29. The van der Waals surface area contributed by atoms with Crippen LogP contribution in [0.2, 0.25) is 0 Å². The van der Waals surface area contributed by atoms with Crippen LogP contribution in [0, 0.1) is 6.92 Å². The molecule has 0 heterocycles. The molecule has 1 atom stereocenters. The molecular weight excluding hydrogens is 410 g/mol. The number of Topliss-reactive ketones (excluding diaryl/α,β-unsaturated/α-hetero) is 1. The van der Waals surface area contributed by atoms with E-state index in [1.165, 1.54) is 0 Å². The molecule has 0 fully saturated rings. The monoisotopic (exact) mass is 425 g/mol. The first-order valence-electron chi connectivity index (χ1n) is 6.94. The molecule has 0 saturated carbocycles. The number of hydrogen-bond donors (Lipinski definition) is 1. The zero-order chi connectivity index (χ0) is 16.3. The number of nitrogens with two attached hydrogens (primary N) is 1. The fourth-order valence-corrected chi connectivity index (χ4v) is 3.36. The van der Waals surface area contributed by atoms with Crippen molar-refractivity contribution >= 4 is 43.3 Å². The Kier molecular flexibility index (Phi) is 5.64. The summed E-state index contributed by atoms with van der Waals surface area (Å²) in [6.45, 7) is 3.88. The van der Waals surface area contributed by atoms with E-state index in [4.69, 9.17) is 10.5 Å². The van der Waals surface area contributed by atoms with Crippen LogP contribution in [0.4, 0.5) is 5.69 Å². The Labute approximate surface area is 147 Å². The predicted octanol–water partition coefficient (Wildman–Crippen LogP) is 5.14. The molecule has 0 aliphatic heterocycles. The van der Waals surface area contributed by atoms with Crippen LogP contribution in [0.3, 0.4) is 0 Å². The van der Waals surface area contributed by atoms with Crippen LogP contribution in [-0.4, -0.2) is 11.9 Å². The van der Waals surface area contributed by atoms with Crippen LogP contribution < -0.4 is 10.5 Å². The molecule has 0 aliphatic rings. The maximum atomic E-state index is 12.7. The van der Waals surface area contributed by atoms with Gasteiger partial charge in [0.05, 0.1) is 5.69 Å². The summed E-state index contributed by atoms with van der Waals surface area (Å²) in [5.74, 6) is 0.473. The van der Waals surface area contributed by atoms with Gasteiger partial charge in [0, 0.05) is 14.5 Å². The number of halogens is 2. The Balaban J connectivity index is 2.25. The van der Waals surface area contributed by atoms with Crippen LogP contribution in [0.15, 0.2) is 45.3 Å². The van der Waals surface area contributed by atoms with Gasteiger partial charge in [-0.15, -0.1) is 0 Å². The zero-order valence-corrected chi connectivity index (χ0v) is 15.6. The highest BCUT2D eigenvalue weighted by atomic mass is 79.9. The topological polar surface area (TPSA) is 52.3 Å². The molecule has 5 heteroatoms. The zero-order valence-electron chi connectivity index (χ0n) is 12.4. The Morgan fingerprint density at radius 2 is 1.95 bits per heavy atom. The van der Waals surface area contributed by atoms with Crippen molar-refractivity contribution in [1.82, 2.24) is 0 Å². The van der Waals surface area contributed by atoms with Gasteiger partial charge in [0.2, 0.25) is 5.78 Å². The maximum Gasteiger partial charge on any atom is 0.204 e. The first kappa shape index (κ1) is 17.0.